The number of rotatable bonds is 2. The Morgan fingerprint density at radius 3 is 2.46 bits per heavy atom. The molecule has 2 aliphatic carbocycles. The second kappa shape index (κ2) is 8.52. The fourth-order valence-electron chi connectivity index (χ4n) is 7.08. The molecule has 2 aromatic rings. The number of halogens is 3. The maximum atomic E-state index is 13.5. The summed E-state index contributed by atoms with van der Waals surface area (Å²) in [6.45, 7) is 5.12. The van der Waals surface area contributed by atoms with Gasteiger partial charge in [0.2, 0.25) is 0 Å². The number of aliphatic hydroxyl groups is 1. The SMILES string of the molecule is CC(C)c1nc2c(c3c1[C@@H](c1ccc(C(F)(F)F)c(C#N)c1)OC31CCOCC1)[C@@H](O)CC1(CCC1)C2. The number of hydrogen-bond acceptors (Lipinski definition) is 5. The van der Waals surface area contributed by atoms with Crippen LogP contribution in [0.25, 0.3) is 0 Å². The van der Waals surface area contributed by atoms with Crippen molar-refractivity contribution in [1.82, 2.24) is 4.98 Å². The highest BCUT2D eigenvalue weighted by Gasteiger charge is 2.54. The van der Waals surface area contributed by atoms with E-state index in [1.807, 2.05) is 0 Å². The van der Waals surface area contributed by atoms with Crippen LogP contribution in [0, 0.1) is 16.7 Å². The normalized spacial score (nSPS) is 25.6. The van der Waals surface area contributed by atoms with E-state index in [2.05, 4.69) is 13.8 Å². The van der Waals surface area contributed by atoms with E-state index in [9.17, 15) is 23.5 Å². The van der Waals surface area contributed by atoms with E-state index in [-0.39, 0.29) is 11.3 Å². The lowest BCUT2D eigenvalue weighted by Crippen LogP contribution is -2.40. The topological polar surface area (TPSA) is 75.4 Å². The van der Waals surface area contributed by atoms with Gasteiger partial charge in [-0.15, -0.1) is 0 Å². The highest BCUT2D eigenvalue weighted by Crippen LogP contribution is 2.60. The summed E-state index contributed by atoms with van der Waals surface area (Å²) in [7, 11) is 0. The Morgan fingerprint density at radius 2 is 1.86 bits per heavy atom. The maximum Gasteiger partial charge on any atom is 0.417 e. The average Bonchev–Trinajstić information content (AvgIpc) is 3.15. The largest absolute Gasteiger partial charge is 0.417 e. The van der Waals surface area contributed by atoms with Gasteiger partial charge in [0.05, 0.1) is 28.9 Å². The number of hydrogen-bond donors (Lipinski definition) is 1. The van der Waals surface area contributed by atoms with E-state index in [4.69, 9.17) is 14.5 Å². The van der Waals surface area contributed by atoms with Gasteiger partial charge in [-0.2, -0.15) is 18.4 Å². The Balaban J connectivity index is 1.58. The molecule has 6 rings (SSSR count). The Bertz CT molecular complexity index is 1290. The molecule has 2 spiro atoms. The fraction of sp³-hybridized carbons (Fsp3) is 0.586. The molecule has 2 fully saturated rings. The summed E-state index contributed by atoms with van der Waals surface area (Å²) in [5.74, 6) is 0.0430. The molecule has 4 aliphatic rings. The number of pyridine rings is 1. The lowest BCUT2D eigenvalue weighted by molar-refractivity contribution is -0.138. The number of nitrogens with zero attached hydrogens (tertiary/aromatic N) is 2. The summed E-state index contributed by atoms with van der Waals surface area (Å²) in [5.41, 5.74) is 3.00. The molecule has 0 bridgehead atoms. The molecule has 0 unspecified atom stereocenters. The third kappa shape index (κ3) is 3.81. The van der Waals surface area contributed by atoms with Crippen molar-refractivity contribution >= 4 is 0 Å². The second-order valence-corrected chi connectivity index (χ2v) is 11.6. The second-order valence-electron chi connectivity index (χ2n) is 11.6. The Morgan fingerprint density at radius 1 is 1.14 bits per heavy atom. The van der Waals surface area contributed by atoms with Gasteiger partial charge in [-0.05, 0) is 60.3 Å². The van der Waals surface area contributed by atoms with Gasteiger partial charge in [0.1, 0.15) is 6.10 Å². The first-order chi connectivity index (χ1) is 17.6. The zero-order chi connectivity index (χ0) is 26.2. The Labute approximate surface area is 214 Å². The van der Waals surface area contributed by atoms with Gasteiger partial charge < -0.3 is 14.6 Å². The molecular weight excluding hydrogens is 481 g/mol. The smallest absolute Gasteiger partial charge is 0.388 e. The van der Waals surface area contributed by atoms with Gasteiger partial charge in [0.15, 0.2) is 0 Å². The van der Waals surface area contributed by atoms with Crippen molar-refractivity contribution < 1.29 is 27.8 Å². The van der Waals surface area contributed by atoms with Crippen LogP contribution in [0.2, 0.25) is 0 Å². The monoisotopic (exact) mass is 512 g/mol. The number of aliphatic hydroxyl groups excluding tert-OH is 1. The maximum absolute atomic E-state index is 13.5. The molecule has 3 heterocycles. The molecule has 1 N–H and O–H groups in total. The van der Waals surface area contributed by atoms with Crippen molar-refractivity contribution in [2.45, 2.75) is 88.7 Å². The van der Waals surface area contributed by atoms with E-state index in [0.29, 0.717) is 38.0 Å². The predicted octanol–water partition coefficient (Wildman–Crippen LogP) is 6.37. The molecule has 1 aromatic carbocycles. The van der Waals surface area contributed by atoms with Crippen LogP contribution in [0.5, 0.6) is 0 Å². The lowest BCUT2D eigenvalue weighted by Gasteiger charge is -2.48. The third-order valence-corrected chi connectivity index (χ3v) is 8.98. The molecule has 2 aliphatic heterocycles. The molecular formula is C29H31F3N2O3. The molecule has 0 radical (unpaired) electrons. The molecule has 5 nitrogen and oxygen atoms in total. The predicted molar refractivity (Wildman–Crippen MR) is 129 cm³/mol. The van der Waals surface area contributed by atoms with Crippen LogP contribution in [0.3, 0.4) is 0 Å². The van der Waals surface area contributed by atoms with Gasteiger partial charge in [0, 0.05) is 48.6 Å². The van der Waals surface area contributed by atoms with E-state index in [1.54, 1.807) is 6.07 Å². The summed E-state index contributed by atoms with van der Waals surface area (Å²) >= 11 is 0. The summed E-state index contributed by atoms with van der Waals surface area (Å²) < 4.78 is 53.1. The third-order valence-electron chi connectivity index (χ3n) is 8.98. The summed E-state index contributed by atoms with van der Waals surface area (Å²) in [6, 6.07) is 5.42. The minimum absolute atomic E-state index is 0.0430. The number of nitriles is 1. The molecule has 1 saturated carbocycles. The van der Waals surface area contributed by atoms with Gasteiger partial charge in [-0.3, -0.25) is 4.98 Å². The first-order valence-corrected chi connectivity index (χ1v) is 13.2. The summed E-state index contributed by atoms with van der Waals surface area (Å²) in [6.07, 6.45) is 0.132. The van der Waals surface area contributed by atoms with Crippen LogP contribution in [0.1, 0.15) is 115 Å². The molecule has 8 heteroatoms. The van der Waals surface area contributed by atoms with Crippen LogP contribution in [0.4, 0.5) is 13.2 Å². The quantitative estimate of drug-likeness (QED) is 0.506. The van der Waals surface area contributed by atoms with Gasteiger partial charge in [0.25, 0.3) is 0 Å². The highest BCUT2D eigenvalue weighted by atomic mass is 19.4. The first kappa shape index (κ1) is 24.8. The number of benzene rings is 1. The summed E-state index contributed by atoms with van der Waals surface area (Å²) in [5, 5.41) is 21.1. The number of aromatic nitrogens is 1. The Hall–Kier alpha value is -2.47. The van der Waals surface area contributed by atoms with E-state index >= 15 is 0 Å². The van der Waals surface area contributed by atoms with Crippen LogP contribution in [-0.2, 0) is 27.7 Å². The van der Waals surface area contributed by atoms with Crippen LogP contribution in [-0.4, -0.2) is 23.3 Å². The van der Waals surface area contributed by atoms with Crippen LogP contribution >= 0.6 is 0 Å². The van der Waals surface area contributed by atoms with E-state index in [0.717, 1.165) is 53.4 Å². The van der Waals surface area contributed by atoms with Crippen LogP contribution < -0.4 is 0 Å². The first-order valence-electron chi connectivity index (χ1n) is 13.2. The molecule has 196 valence electrons. The molecule has 0 amide bonds. The molecule has 37 heavy (non-hydrogen) atoms. The van der Waals surface area contributed by atoms with E-state index < -0.39 is 35.1 Å². The summed E-state index contributed by atoms with van der Waals surface area (Å²) in [4.78, 5) is 5.15. The van der Waals surface area contributed by atoms with Crippen molar-refractivity contribution in [3.05, 3.63) is 63.0 Å². The minimum Gasteiger partial charge on any atom is -0.388 e. The van der Waals surface area contributed by atoms with Gasteiger partial charge in [-0.1, -0.05) is 26.3 Å². The van der Waals surface area contributed by atoms with Gasteiger partial charge in [-0.25, -0.2) is 0 Å². The van der Waals surface area contributed by atoms with E-state index in [1.165, 1.54) is 18.6 Å². The van der Waals surface area contributed by atoms with Gasteiger partial charge >= 0.3 is 6.18 Å². The number of alkyl halides is 3. The standard InChI is InChI=1S/C29H31F3N2O3/c1-16(2)25-23-24(22-20(34-25)13-27(6-3-7-27)14-21(22)35)28(8-10-36-11-9-28)37-26(23)17-4-5-19(29(30,31)32)18(12-17)15-33/h4-5,12,16,21,26,35H,3,6-11,13-14H2,1-2H3/t21-,26+/m0/s1. The average molecular weight is 513 g/mol. The zero-order valence-electron chi connectivity index (χ0n) is 21.1. The number of fused-ring (bicyclic) bond motifs is 4. The number of ether oxygens (including phenoxy) is 2. The van der Waals surface area contributed by atoms with Crippen molar-refractivity contribution in [1.29, 1.82) is 5.26 Å². The molecule has 1 aromatic heterocycles. The Kier molecular flexibility index (Phi) is 5.72. The van der Waals surface area contributed by atoms with Crippen molar-refractivity contribution in [2.75, 3.05) is 13.2 Å². The van der Waals surface area contributed by atoms with Crippen molar-refractivity contribution in [3.8, 4) is 6.07 Å². The van der Waals surface area contributed by atoms with Crippen molar-refractivity contribution in [3.63, 3.8) is 0 Å². The molecule has 2 atom stereocenters. The zero-order valence-corrected chi connectivity index (χ0v) is 21.1. The van der Waals surface area contributed by atoms with Crippen LogP contribution in [0.15, 0.2) is 18.2 Å². The molecule has 1 saturated heterocycles. The lowest BCUT2D eigenvalue weighted by atomic mass is 9.58. The van der Waals surface area contributed by atoms with Crippen molar-refractivity contribution in [2.24, 2.45) is 5.41 Å². The minimum atomic E-state index is -4.62. The fourth-order valence-corrected chi connectivity index (χ4v) is 7.08. The highest BCUT2D eigenvalue weighted by molar-refractivity contribution is 5.55.